The molecule has 2 amide bonds. The molecule has 2 N–H and O–H groups in total. The van der Waals surface area contributed by atoms with Gasteiger partial charge in [0.05, 0.1) is 0 Å². The van der Waals surface area contributed by atoms with Crippen molar-refractivity contribution in [1.29, 1.82) is 0 Å². The standard InChI is InChI=1S/C16H23N3O/c1-3-5-11-16(4-2)14(17)18-15(20)19(16)12-13-9-7-6-8-10-13/h6-10H,3-5,11-12H2,1-2H3,(H2,17,18,20). The van der Waals surface area contributed by atoms with Crippen molar-refractivity contribution in [3.8, 4) is 0 Å². The quantitative estimate of drug-likeness (QED) is 0.864. The van der Waals surface area contributed by atoms with Crippen molar-refractivity contribution in [2.45, 2.75) is 51.6 Å². The Morgan fingerprint density at radius 1 is 1.25 bits per heavy atom. The van der Waals surface area contributed by atoms with Gasteiger partial charge in [-0.05, 0) is 18.4 Å². The molecule has 4 nitrogen and oxygen atoms in total. The smallest absolute Gasteiger partial charge is 0.346 e. The third-order valence-electron chi connectivity index (χ3n) is 4.15. The average Bonchev–Trinajstić information content (AvgIpc) is 2.70. The number of carbonyl (C=O) groups is 1. The van der Waals surface area contributed by atoms with E-state index in [1.807, 2.05) is 35.2 Å². The van der Waals surface area contributed by atoms with Crippen LogP contribution in [-0.4, -0.2) is 22.3 Å². The van der Waals surface area contributed by atoms with Crippen molar-refractivity contribution in [1.82, 2.24) is 4.90 Å². The maximum atomic E-state index is 12.2. The van der Waals surface area contributed by atoms with E-state index in [2.05, 4.69) is 18.8 Å². The zero-order valence-corrected chi connectivity index (χ0v) is 12.3. The van der Waals surface area contributed by atoms with Crippen LogP contribution in [0, 0.1) is 0 Å². The van der Waals surface area contributed by atoms with E-state index in [-0.39, 0.29) is 6.03 Å². The molecule has 1 aromatic carbocycles. The minimum atomic E-state index is -0.400. The van der Waals surface area contributed by atoms with E-state index < -0.39 is 5.54 Å². The minimum absolute atomic E-state index is 0.204. The van der Waals surface area contributed by atoms with Crippen LogP contribution in [0.25, 0.3) is 0 Å². The predicted octanol–water partition coefficient (Wildman–Crippen LogP) is 3.32. The maximum absolute atomic E-state index is 12.2. The van der Waals surface area contributed by atoms with Crippen LogP contribution in [0.15, 0.2) is 35.3 Å². The second-order valence-electron chi connectivity index (χ2n) is 5.34. The number of benzene rings is 1. The fourth-order valence-corrected chi connectivity index (χ4v) is 2.85. The molecule has 0 bridgehead atoms. The van der Waals surface area contributed by atoms with Gasteiger partial charge in [0.1, 0.15) is 11.4 Å². The largest absolute Gasteiger partial charge is 0.385 e. The molecule has 2 rings (SSSR count). The molecule has 0 saturated heterocycles. The van der Waals surface area contributed by atoms with E-state index in [9.17, 15) is 4.79 Å². The van der Waals surface area contributed by atoms with Crippen LogP contribution in [0.5, 0.6) is 0 Å². The number of nitrogens with zero attached hydrogens (tertiary/aromatic N) is 2. The number of unbranched alkanes of at least 4 members (excludes halogenated alkanes) is 1. The molecule has 1 unspecified atom stereocenters. The Morgan fingerprint density at radius 3 is 2.55 bits per heavy atom. The Hall–Kier alpha value is -1.84. The summed E-state index contributed by atoms with van der Waals surface area (Å²) in [6.07, 6.45) is 3.82. The molecular formula is C16H23N3O. The minimum Gasteiger partial charge on any atom is -0.385 e. The fourth-order valence-electron chi connectivity index (χ4n) is 2.85. The lowest BCUT2D eigenvalue weighted by Gasteiger charge is -2.37. The fraction of sp³-hybridized carbons (Fsp3) is 0.500. The summed E-state index contributed by atoms with van der Waals surface area (Å²) in [5, 5.41) is 0. The number of amides is 2. The number of nitrogens with two attached hydrogens (primary N) is 1. The van der Waals surface area contributed by atoms with Crippen LogP contribution >= 0.6 is 0 Å². The van der Waals surface area contributed by atoms with E-state index in [0.29, 0.717) is 12.4 Å². The summed E-state index contributed by atoms with van der Waals surface area (Å²) in [6, 6.07) is 9.80. The molecule has 108 valence electrons. The van der Waals surface area contributed by atoms with Gasteiger partial charge in [-0.3, -0.25) is 0 Å². The molecule has 0 saturated carbocycles. The lowest BCUT2D eigenvalue weighted by Crippen LogP contribution is -2.53. The Labute approximate surface area is 120 Å². The lowest BCUT2D eigenvalue weighted by atomic mass is 9.87. The number of rotatable bonds is 6. The second kappa shape index (κ2) is 6.07. The number of amidine groups is 1. The van der Waals surface area contributed by atoms with Gasteiger partial charge in [-0.2, -0.15) is 4.99 Å². The highest BCUT2D eigenvalue weighted by atomic mass is 16.2. The van der Waals surface area contributed by atoms with Gasteiger partial charge in [-0.15, -0.1) is 0 Å². The van der Waals surface area contributed by atoms with Gasteiger partial charge in [0.2, 0.25) is 0 Å². The highest BCUT2D eigenvalue weighted by Gasteiger charge is 2.46. The molecule has 0 fully saturated rings. The first-order chi connectivity index (χ1) is 9.64. The first-order valence-electron chi connectivity index (χ1n) is 7.34. The molecule has 20 heavy (non-hydrogen) atoms. The zero-order chi connectivity index (χ0) is 14.6. The van der Waals surface area contributed by atoms with Crippen molar-refractivity contribution in [3.05, 3.63) is 35.9 Å². The topological polar surface area (TPSA) is 58.7 Å². The van der Waals surface area contributed by atoms with E-state index >= 15 is 0 Å². The molecule has 0 aliphatic carbocycles. The Bertz CT molecular complexity index is 498. The van der Waals surface area contributed by atoms with Crippen LogP contribution < -0.4 is 5.73 Å². The highest BCUT2D eigenvalue weighted by molar-refractivity contribution is 6.05. The summed E-state index contributed by atoms with van der Waals surface area (Å²) in [5.41, 5.74) is 6.80. The first kappa shape index (κ1) is 14.6. The van der Waals surface area contributed by atoms with Crippen LogP contribution in [0.3, 0.4) is 0 Å². The summed E-state index contributed by atoms with van der Waals surface area (Å²) in [4.78, 5) is 18.1. The van der Waals surface area contributed by atoms with Crippen molar-refractivity contribution in [2.75, 3.05) is 0 Å². The summed E-state index contributed by atoms with van der Waals surface area (Å²) in [7, 11) is 0. The van der Waals surface area contributed by atoms with Gasteiger partial charge < -0.3 is 10.6 Å². The predicted molar refractivity (Wildman–Crippen MR) is 81.6 cm³/mol. The van der Waals surface area contributed by atoms with E-state index in [1.54, 1.807) is 0 Å². The van der Waals surface area contributed by atoms with Crippen molar-refractivity contribution >= 4 is 11.9 Å². The van der Waals surface area contributed by atoms with Gasteiger partial charge >= 0.3 is 6.03 Å². The SMILES string of the molecule is CCCCC1(CC)C(N)=NC(=O)N1Cc1ccccc1. The Balaban J connectivity index is 2.26. The Morgan fingerprint density at radius 2 is 1.95 bits per heavy atom. The molecule has 1 aliphatic rings. The molecule has 1 aliphatic heterocycles. The van der Waals surface area contributed by atoms with Crippen LogP contribution in [0.1, 0.15) is 45.1 Å². The van der Waals surface area contributed by atoms with E-state index in [1.165, 1.54) is 0 Å². The number of aliphatic imine (C=N–C) groups is 1. The summed E-state index contributed by atoms with van der Waals surface area (Å²) < 4.78 is 0. The van der Waals surface area contributed by atoms with E-state index in [4.69, 9.17) is 5.73 Å². The van der Waals surface area contributed by atoms with Crippen molar-refractivity contribution in [2.24, 2.45) is 10.7 Å². The summed E-state index contributed by atoms with van der Waals surface area (Å²) in [6.45, 7) is 4.80. The van der Waals surface area contributed by atoms with Crippen molar-refractivity contribution < 1.29 is 4.79 Å². The third-order valence-corrected chi connectivity index (χ3v) is 4.15. The number of carbonyl (C=O) groups excluding carboxylic acids is 1. The third kappa shape index (κ3) is 2.55. The van der Waals surface area contributed by atoms with Crippen molar-refractivity contribution in [3.63, 3.8) is 0 Å². The molecule has 1 heterocycles. The molecule has 4 heteroatoms. The van der Waals surface area contributed by atoms with Gasteiger partial charge in [0.25, 0.3) is 0 Å². The number of hydrogen-bond donors (Lipinski definition) is 1. The van der Waals surface area contributed by atoms with Crippen LogP contribution in [-0.2, 0) is 6.54 Å². The zero-order valence-electron chi connectivity index (χ0n) is 12.3. The van der Waals surface area contributed by atoms with Crippen LogP contribution in [0.2, 0.25) is 0 Å². The first-order valence-corrected chi connectivity index (χ1v) is 7.34. The van der Waals surface area contributed by atoms with E-state index in [0.717, 1.165) is 31.2 Å². The second-order valence-corrected chi connectivity index (χ2v) is 5.34. The Kier molecular flexibility index (Phi) is 4.42. The molecule has 1 aromatic rings. The highest BCUT2D eigenvalue weighted by Crippen LogP contribution is 2.33. The normalized spacial score (nSPS) is 22.2. The summed E-state index contributed by atoms with van der Waals surface area (Å²) in [5.74, 6) is 0.481. The maximum Gasteiger partial charge on any atom is 0.346 e. The molecule has 1 atom stereocenters. The van der Waals surface area contributed by atoms with Gasteiger partial charge in [0.15, 0.2) is 0 Å². The average molecular weight is 273 g/mol. The summed E-state index contributed by atoms with van der Waals surface area (Å²) >= 11 is 0. The monoisotopic (exact) mass is 273 g/mol. The van der Waals surface area contributed by atoms with Gasteiger partial charge in [0, 0.05) is 6.54 Å². The van der Waals surface area contributed by atoms with Gasteiger partial charge in [-0.25, -0.2) is 4.79 Å². The van der Waals surface area contributed by atoms with Gasteiger partial charge in [-0.1, -0.05) is 57.0 Å². The molecular weight excluding hydrogens is 250 g/mol. The number of urea groups is 1. The molecule has 0 radical (unpaired) electrons. The lowest BCUT2D eigenvalue weighted by molar-refractivity contribution is 0.155. The van der Waals surface area contributed by atoms with Crippen LogP contribution in [0.4, 0.5) is 4.79 Å². The molecule has 0 spiro atoms. The molecule has 0 aromatic heterocycles. The number of hydrogen-bond acceptors (Lipinski definition) is 2.